The van der Waals surface area contributed by atoms with Crippen LogP contribution in [0.15, 0.2) is 62.4 Å². The summed E-state index contributed by atoms with van der Waals surface area (Å²) in [7, 11) is 2.17. The van der Waals surface area contributed by atoms with Gasteiger partial charge in [0.05, 0.1) is 11.4 Å². The number of H-pyrrole nitrogens is 1. The Morgan fingerprint density at radius 1 is 0.894 bits per heavy atom. The van der Waals surface area contributed by atoms with Crippen LogP contribution in [-0.2, 0) is 11.2 Å². The number of benzene rings is 2. The number of halogens is 2. The molecule has 13 heteroatoms. The highest BCUT2D eigenvalue weighted by Crippen LogP contribution is 2.30. The lowest BCUT2D eigenvalue weighted by atomic mass is 10.0. The molecular formula is C34H44Br2N8O3. The Labute approximate surface area is 292 Å². The Morgan fingerprint density at radius 3 is 2.15 bits per heavy atom. The number of carbonyl (C=O) groups is 2. The topological polar surface area (TPSA) is 123 Å². The highest BCUT2D eigenvalue weighted by molar-refractivity contribution is 9.11. The summed E-state index contributed by atoms with van der Waals surface area (Å²) in [5.41, 5.74) is 9.21. The summed E-state index contributed by atoms with van der Waals surface area (Å²) in [6.45, 7) is 6.18. The Hall–Kier alpha value is -3.13. The number of nitrogen functional groups attached to an aromatic ring is 1. The van der Waals surface area contributed by atoms with Crippen LogP contribution in [0.5, 0.6) is 0 Å². The van der Waals surface area contributed by atoms with Crippen LogP contribution in [0.1, 0.15) is 37.3 Å². The number of aromatic amines is 1. The number of rotatable bonds is 7. The van der Waals surface area contributed by atoms with Gasteiger partial charge < -0.3 is 30.7 Å². The molecule has 0 unspecified atom stereocenters. The first-order valence-electron chi connectivity index (χ1n) is 16.5. The fourth-order valence-electron chi connectivity index (χ4n) is 7.11. The van der Waals surface area contributed by atoms with Crippen LogP contribution in [-0.4, -0.2) is 113 Å². The van der Waals surface area contributed by atoms with Crippen LogP contribution in [0.3, 0.4) is 0 Å². The fourth-order valence-corrected chi connectivity index (χ4v) is 8.39. The molecule has 4 N–H and O–H groups in total. The predicted molar refractivity (Wildman–Crippen MR) is 191 cm³/mol. The van der Waals surface area contributed by atoms with Crippen LogP contribution >= 0.6 is 31.9 Å². The summed E-state index contributed by atoms with van der Waals surface area (Å²) in [4.78, 5) is 52.1. The van der Waals surface area contributed by atoms with Crippen LogP contribution < -0.4 is 16.7 Å². The van der Waals surface area contributed by atoms with E-state index < -0.39 is 6.04 Å². The zero-order valence-corrected chi connectivity index (χ0v) is 30.0. The van der Waals surface area contributed by atoms with E-state index in [-0.39, 0.29) is 23.7 Å². The monoisotopic (exact) mass is 770 g/mol. The van der Waals surface area contributed by atoms with Gasteiger partial charge in [-0.05, 0) is 101 Å². The van der Waals surface area contributed by atoms with Gasteiger partial charge in [-0.2, -0.15) is 0 Å². The van der Waals surface area contributed by atoms with Crippen molar-refractivity contribution in [1.82, 2.24) is 34.5 Å². The van der Waals surface area contributed by atoms with E-state index in [0.717, 1.165) is 64.8 Å². The zero-order chi connectivity index (χ0) is 33.1. The molecule has 3 aliphatic rings. The standard InChI is InChI=1S/C34H44Br2N8O3/c1-40-11-7-25(8-12-40)41-15-17-42(18-16-41)32(45)29(21-23-19-27(35)31(37)28(36)20-23)38-33(46)43-13-9-26(10-14-43)44-22-30(39-34(44)47)24-5-3-2-4-6-24/h2-6,19-20,22,25-26,29H,7-18,21,37H2,1H3,(H,38,46)(H,39,47)/t29-/m0/s1. The Morgan fingerprint density at radius 2 is 1.51 bits per heavy atom. The molecule has 3 fully saturated rings. The molecule has 3 aromatic rings. The third kappa shape index (κ3) is 7.96. The van der Waals surface area contributed by atoms with Crippen molar-refractivity contribution in [1.29, 1.82) is 0 Å². The third-order valence-electron chi connectivity index (χ3n) is 9.98. The molecule has 2 aromatic carbocycles. The molecule has 0 spiro atoms. The molecule has 0 bridgehead atoms. The van der Waals surface area contributed by atoms with Crippen LogP contribution in [0.4, 0.5) is 10.5 Å². The van der Waals surface area contributed by atoms with Gasteiger partial charge in [-0.15, -0.1) is 0 Å². The highest BCUT2D eigenvalue weighted by atomic mass is 79.9. The molecule has 0 saturated carbocycles. The number of carbonyl (C=O) groups excluding carboxylic acids is 2. The molecule has 3 aliphatic heterocycles. The van der Waals surface area contributed by atoms with Gasteiger partial charge in [-0.1, -0.05) is 30.3 Å². The maximum Gasteiger partial charge on any atom is 0.326 e. The molecule has 252 valence electrons. The number of hydrogen-bond donors (Lipinski definition) is 3. The van der Waals surface area contributed by atoms with Crippen LogP contribution in [0.25, 0.3) is 11.3 Å². The van der Waals surface area contributed by atoms with Crippen molar-refractivity contribution >= 4 is 49.5 Å². The number of piperidine rings is 2. The molecule has 1 atom stereocenters. The first kappa shape index (κ1) is 33.8. The molecule has 0 radical (unpaired) electrons. The minimum atomic E-state index is -0.724. The molecule has 3 amide bonds. The minimum absolute atomic E-state index is 0.0111. The van der Waals surface area contributed by atoms with Gasteiger partial charge in [0.1, 0.15) is 6.04 Å². The number of nitrogens with two attached hydrogens (primary N) is 1. The SMILES string of the molecule is CN1CCC(N2CCN(C(=O)[C@H](Cc3cc(Br)c(N)c(Br)c3)NC(=O)N3CCC(n4cc(-c5ccccc5)[nH]c4=O)CC3)CC2)CC1. The lowest BCUT2D eigenvalue weighted by Gasteiger charge is -2.43. The number of urea groups is 1. The molecular weight excluding hydrogens is 728 g/mol. The predicted octanol–water partition coefficient (Wildman–Crippen LogP) is 4.15. The van der Waals surface area contributed by atoms with Crippen molar-refractivity contribution in [3.05, 3.63) is 73.7 Å². The summed E-state index contributed by atoms with van der Waals surface area (Å²) in [6, 6.07) is 13.2. The molecule has 6 rings (SSSR count). The van der Waals surface area contributed by atoms with E-state index >= 15 is 0 Å². The average Bonchev–Trinajstić information content (AvgIpc) is 3.48. The number of nitrogens with one attached hydrogen (secondary N) is 2. The number of imidazole rings is 1. The molecule has 4 heterocycles. The maximum absolute atomic E-state index is 14.1. The summed E-state index contributed by atoms with van der Waals surface area (Å²) in [5, 5.41) is 3.10. The summed E-state index contributed by atoms with van der Waals surface area (Å²) in [5.74, 6) is -0.0624. The van der Waals surface area contributed by atoms with Crippen LogP contribution in [0.2, 0.25) is 0 Å². The van der Waals surface area contributed by atoms with Gasteiger partial charge in [0, 0.05) is 72.9 Å². The Balaban J connectivity index is 1.10. The number of amides is 3. The largest absolute Gasteiger partial charge is 0.397 e. The lowest BCUT2D eigenvalue weighted by Crippen LogP contribution is -2.59. The second kappa shape index (κ2) is 15.0. The van der Waals surface area contributed by atoms with Crippen molar-refractivity contribution in [2.45, 2.75) is 50.2 Å². The van der Waals surface area contributed by atoms with E-state index in [9.17, 15) is 14.4 Å². The Kier molecular flexibility index (Phi) is 10.7. The van der Waals surface area contributed by atoms with Crippen molar-refractivity contribution in [3.63, 3.8) is 0 Å². The maximum atomic E-state index is 14.1. The van der Waals surface area contributed by atoms with Gasteiger partial charge in [-0.3, -0.25) is 14.3 Å². The quantitative estimate of drug-likeness (QED) is 0.311. The highest BCUT2D eigenvalue weighted by Gasteiger charge is 2.34. The summed E-state index contributed by atoms with van der Waals surface area (Å²) < 4.78 is 3.23. The van der Waals surface area contributed by atoms with Gasteiger partial charge >= 0.3 is 11.7 Å². The molecule has 1 aromatic heterocycles. The van der Waals surface area contributed by atoms with Crippen molar-refractivity contribution in [3.8, 4) is 11.3 Å². The van der Waals surface area contributed by atoms with E-state index in [1.807, 2.05) is 53.6 Å². The normalized spacial score (nSPS) is 19.6. The molecule has 47 heavy (non-hydrogen) atoms. The average molecular weight is 773 g/mol. The fraction of sp³-hybridized carbons (Fsp3) is 0.500. The zero-order valence-electron chi connectivity index (χ0n) is 26.8. The second-order valence-corrected chi connectivity index (χ2v) is 14.7. The van der Waals surface area contributed by atoms with E-state index in [0.29, 0.717) is 57.2 Å². The summed E-state index contributed by atoms with van der Waals surface area (Å²) >= 11 is 7.05. The van der Waals surface area contributed by atoms with Crippen molar-refractivity contribution < 1.29 is 9.59 Å². The number of nitrogens with zero attached hydrogens (tertiary/aromatic N) is 5. The van der Waals surface area contributed by atoms with Gasteiger partial charge in [0.2, 0.25) is 5.91 Å². The number of anilines is 1. The van der Waals surface area contributed by atoms with E-state index in [4.69, 9.17) is 5.73 Å². The first-order valence-corrected chi connectivity index (χ1v) is 18.1. The summed E-state index contributed by atoms with van der Waals surface area (Å²) in [6.07, 6.45) is 5.83. The molecule has 0 aliphatic carbocycles. The van der Waals surface area contributed by atoms with E-state index in [2.05, 4.69) is 59.0 Å². The number of hydrogen-bond acceptors (Lipinski definition) is 6. The molecule has 11 nitrogen and oxygen atoms in total. The first-order chi connectivity index (χ1) is 22.7. The van der Waals surface area contributed by atoms with Gasteiger partial charge in [0.15, 0.2) is 0 Å². The second-order valence-electron chi connectivity index (χ2n) is 13.0. The van der Waals surface area contributed by atoms with E-state index in [1.165, 1.54) is 0 Å². The van der Waals surface area contributed by atoms with Crippen molar-refractivity contribution in [2.24, 2.45) is 0 Å². The third-order valence-corrected chi connectivity index (χ3v) is 11.3. The molecule has 3 saturated heterocycles. The Bertz CT molecular complexity index is 1580. The smallest absolute Gasteiger partial charge is 0.326 e. The van der Waals surface area contributed by atoms with E-state index in [1.54, 1.807) is 9.47 Å². The van der Waals surface area contributed by atoms with Crippen molar-refractivity contribution in [2.75, 3.05) is 65.1 Å². The number of aromatic nitrogens is 2. The lowest BCUT2D eigenvalue weighted by molar-refractivity contribution is -0.135. The van der Waals surface area contributed by atoms with Gasteiger partial charge in [0.25, 0.3) is 0 Å². The van der Waals surface area contributed by atoms with Gasteiger partial charge in [-0.25, -0.2) is 9.59 Å². The van der Waals surface area contributed by atoms with Crippen LogP contribution in [0, 0.1) is 0 Å². The minimum Gasteiger partial charge on any atom is -0.397 e. The number of likely N-dealkylation sites (tertiary alicyclic amines) is 2. The number of piperazine rings is 1.